The lowest BCUT2D eigenvalue weighted by Crippen LogP contribution is -2.63. The molecular weight excluding hydrogens is 408 g/mol. The lowest BCUT2D eigenvalue weighted by atomic mass is 9.47. The van der Waals surface area contributed by atoms with E-state index in [0.717, 1.165) is 51.4 Å². The summed E-state index contributed by atoms with van der Waals surface area (Å²) in [6.07, 6.45) is 8.51. The lowest BCUT2D eigenvalue weighted by Gasteiger charge is -2.59. The molecule has 178 valence electrons. The Hall–Kier alpha value is -0.530. The molecule has 0 aromatic rings. The molecule has 0 aromatic heterocycles. The molecule has 7 atom stereocenters. The average molecular weight is 447 g/mol. The maximum Gasteiger partial charge on any atom is 0.171 e. The number of hydrogen-bond donors (Lipinski definition) is 1. The van der Waals surface area contributed by atoms with Gasteiger partial charge >= 0.3 is 0 Å². The lowest BCUT2D eigenvalue weighted by molar-refractivity contribution is -0.320. The first-order valence-corrected chi connectivity index (χ1v) is 13.0. The van der Waals surface area contributed by atoms with Gasteiger partial charge in [-0.15, -0.1) is 0 Å². The van der Waals surface area contributed by atoms with Crippen molar-refractivity contribution in [2.45, 2.75) is 95.2 Å². The molecule has 2 heterocycles. The number of carbonyl (C=O) groups excluding carboxylic acids is 1. The van der Waals surface area contributed by atoms with E-state index in [0.29, 0.717) is 56.9 Å². The number of ether oxygens (including phenoxy) is 4. The third kappa shape index (κ3) is 2.23. The highest BCUT2D eigenvalue weighted by molar-refractivity contribution is 5.92. The Morgan fingerprint density at radius 1 is 0.844 bits per heavy atom. The van der Waals surface area contributed by atoms with Crippen molar-refractivity contribution in [1.29, 1.82) is 0 Å². The second-order valence-electron chi connectivity index (χ2n) is 12.6. The normalized spacial score (nSPS) is 55.1. The smallest absolute Gasteiger partial charge is 0.171 e. The van der Waals surface area contributed by atoms with Gasteiger partial charge in [-0.1, -0.05) is 6.92 Å². The molecule has 0 aromatic carbocycles. The molecular formula is C26H38O6. The van der Waals surface area contributed by atoms with E-state index < -0.39 is 17.2 Å². The fourth-order valence-corrected chi connectivity index (χ4v) is 10.4. The zero-order valence-electron chi connectivity index (χ0n) is 19.6. The molecule has 7 aliphatic rings. The minimum absolute atomic E-state index is 0.0726. The summed E-state index contributed by atoms with van der Waals surface area (Å²) in [6.45, 7) is 7.15. The molecule has 6 heteroatoms. The van der Waals surface area contributed by atoms with E-state index in [2.05, 4.69) is 13.8 Å². The van der Waals surface area contributed by atoms with Crippen molar-refractivity contribution in [2.24, 2.45) is 34.0 Å². The fourth-order valence-electron chi connectivity index (χ4n) is 10.4. The molecule has 0 radical (unpaired) electrons. The van der Waals surface area contributed by atoms with Crippen LogP contribution in [0.15, 0.2) is 0 Å². The van der Waals surface area contributed by atoms with Gasteiger partial charge < -0.3 is 24.1 Å². The summed E-state index contributed by atoms with van der Waals surface area (Å²) in [5.74, 6) is 0.374. The van der Waals surface area contributed by atoms with Gasteiger partial charge in [0.15, 0.2) is 11.6 Å². The van der Waals surface area contributed by atoms with Crippen molar-refractivity contribution in [1.82, 2.24) is 0 Å². The molecule has 0 unspecified atom stereocenters. The molecule has 2 saturated heterocycles. The largest absolute Gasteiger partial charge is 0.389 e. The van der Waals surface area contributed by atoms with E-state index in [-0.39, 0.29) is 22.2 Å². The molecule has 0 bridgehead atoms. The molecule has 6 nitrogen and oxygen atoms in total. The van der Waals surface area contributed by atoms with Crippen LogP contribution in [0.3, 0.4) is 0 Å². The van der Waals surface area contributed by atoms with Gasteiger partial charge in [0.2, 0.25) is 0 Å². The third-order valence-electron chi connectivity index (χ3n) is 11.6. The van der Waals surface area contributed by atoms with Crippen LogP contribution in [0.25, 0.3) is 0 Å². The average Bonchev–Trinajstić information content (AvgIpc) is 3.07. The maximum absolute atomic E-state index is 14.1. The molecule has 32 heavy (non-hydrogen) atoms. The van der Waals surface area contributed by atoms with Crippen LogP contribution in [0.4, 0.5) is 0 Å². The molecule has 5 aliphatic carbocycles. The Bertz CT molecular complexity index is 845. The maximum atomic E-state index is 14.1. The van der Waals surface area contributed by atoms with Crippen LogP contribution in [0.2, 0.25) is 0 Å². The molecule has 2 aliphatic heterocycles. The van der Waals surface area contributed by atoms with E-state index in [1.807, 2.05) is 0 Å². The molecule has 1 N–H and O–H groups in total. The first-order valence-electron chi connectivity index (χ1n) is 13.0. The SMILES string of the molecule is CC1([C@H]2CC[C@H]3[C@@H]4CC[C@@]5(O)CC6(CC[C@@]57C[C@@]47C(=O)C[C@]23C)OCCCO6)OCCO1. The number of carbonyl (C=O) groups is 1. The quantitative estimate of drug-likeness (QED) is 0.664. The number of fused-ring (bicyclic) bond motifs is 2. The zero-order chi connectivity index (χ0) is 22.0. The minimum Gasteiger partial charge on any atom is -0.389 e. The van der Waals surface area contributed by atoms with Crippen LogP contribution in [0.1, 0.15) is 78.1 Å². The Morgan fingerprint density at radius 3 is 2.34 bits per heavy atom. The highest BCUT2D eigenvalue weighted by Crippen LogP contribution is 2.86. The van der Waals surface area contributed by atoms with Gasteiger partial charge in [-0.3, -0.25) is 4.79 Å². The summed E-state index contributed by atoms with van der Waals surface area (Å²) in [7, 11) is 0. The summed E-state index contributed by atoms with van der Waals surface area (Å²) >= 11 is 0. The molecule has 0 amide bonds. The number of hydrogen-bond acceptors (Lipinski definition) is 6. The monoisotopic (exact) mass is 446 g/mol. The van der Waals surface area contributed by atoms with Crippen molar-refractivity contribution in [2.75, 3.05) is 26.4 Å². The Labute approximate surface area is 190 Å². The van der Waals surface area contributed by atoms with Gasteiger partial charge in [-0.05, 0) is 69.1 Å². The third-order valence-corrected chi connectivity index (χ3v) is 11.6. The Balaban J connectivity index is 1.22. The number of ketones is 1. The topological polar surface area (TPSA) is 74.2 Å². The van der Waals surface area contributed by atoms with Crippen LogP contribution in [0.5, 0.6) is 0 Å². The van der Waals surface area contributed by atoms with Gasteiger partial charge in [-0.25, -0.2) is 0 Å². The van der Waals surface area contributed by atoms with Crippen molar-refractivity contribution in [3.63, 3.8) is 0 Å². The molecule has 7 fully saturated rings. The predicted molar refractivity (Wildman–Crippen MR) is 115 cm³/mol. The number of aliphatic hydroxyl groups is 1. The van der Waals surface area contributed by atoms with E-state index in [1.54, 1.807) is 0 Å². The zero-order valence-corrected chi connectivity index (χ0v) is 19.6. The van der Waals surface area contributed by atoms with Gasteiger partial charge in [-0.2, -0.15) is 0 Å². The molecule has 7 rings (SSSR count). The van der Waals surface area contributed by atoms with Crippen molar-refractivity contribution < 1.29 is 28.8 Å². The van der Waals surface area contributed by atoms with Crippen LogP contribution in [0, 0.1) is 34.0 Å². The van der Waals surface area contributed by atoms with Gasteiger partial charge in [0.1, 0.15) is 5.78 Å². The second-order valence-corrected chi connectivity index (χ2v) is 12.6. The van der Waals surface area contributed by atoms with E-state index >= 15 is 0 Å². The fraction of sp³-hybridized carbons (Fsp3) is 0.962. The minimum atomic E-state index is -0.843. The summed E-state index contributed by atoms with van der Waals surface area (Å²) in [4.78, 5) is 14.1. The predicted octanol–water partition coefficient (Wildman–Crippen LogP) is 3.59. The Morgan fingerprint density at radius 2 is 1.59 bits per heavy atom. The van der Waals surface area contributed by atoms with Crippen LogP contribution >= 0.6 is 0 Å². The van der Waals surface area contributed by atoms with Crippen molar-refractivity contribution in [3.8, 4) is 0 Å². The van der Waals surface area contributed by atoms with Crippen molar-refractivity contribution in [3.05, 3.63) is 0 Å². The van der Waals surface area contributed by atoms with Crippen LogP contribution in [-0.4, -0.2) is 54.5 Å². The van der Waals surface area contributed by atoms with E-state index in [1.165, 1.54) is 0 Å². The Kier molecular flexibility index (Phi) is 4.01. The summed E-state index contributed by atoms with van der Waals surface area (Å²) in [5, 5.41) is 12.1. The highest BCUT2D eigenvalue weighted by atomic mass is 16.7. The number of Topliss-reactive ketones (excluding diaryl/α,β-unsaturated/α-hetero) is 1. The summed E-state index contributed by atoms with van der Waals surface area (Å²) < 4.78 is 24.5. The van der Waals surface area contributed by atoms with Gasteiger partial charge in [0.05, 0.1) is 32.0 Å². The summed E-state index contributed by atoms with van der Waals surface area (Å²) in [6, 6.07) is 0. The van der Waals surface area contributed by atoms with Crippen LogP contribution in [-0.2, 0) is 23.7 Å². The standard InChI is InChI=1S/C26H38O6/c1-21-14-20(27)26-15-23(26)8-9-25(31-10-3-11-32-25)16-24(23,28)7-6-18(26)17(21)4-5-19(21)22(2)29-12-13-30-22/h17-19,28H,3-16H2,1-2H3/t17-,18-,19-,21-,23+,24+,26-/m0/s1. The van der Waals surface area contributed by atoms with Gasteiger partial charge in [0.25, 0.3) is 0 Å². The van der Waals surface area contributed by atoms with Crippen LogP contribution < -0.4 is 0 Å². The molecule has 5 saturated carbocycles. The highest BCUT2D eigenvalue weighted by Gasteiger charge is 2.87. The molecule has 3 spiro atoms. The second kappa shape index (κ2) is 6.17. The van der Waals surface area contributed by atoms with Crippen molar-refractivity contribution >= 4 is 5.78 Å². The summed E-state index contributed by atoms with van der Waals surface area (Å²) in [5.41, 5.74) is -1.51. The van der Waals surface area contributed by atoms with E-state index in [9.17, 15) is 9.90 Å². The first-order chi connectivity index (χ1) is 15.2. The van der Waals surface area contributed by atoms with E-state index in [4.69, 9.17) is 18.9 Å². The van der Waals surface area contributed by atoms with Gasteiger partial charge in [0, 0.05) is 36.0 Å². The number of rotatable bonds is 1. The first kappa shape index (κ1) is 20.8.